The van der Waals surface area contributed by atoms with E-state index in [1.54, 1.807) is 0 Å². The minimum Gasteiger partial charge on any atom is -0.768 e. The number of esters is 1. The summed E-state index contributed by atoms with van der Waals surface area (Å²) in [6, 6.07) is 1.81. The van der Waals surface area contributed by atoms with Gasteiger partial charge in [-0.2, -0.15) is 0 Å². The van der Waals surface area contributed by atoms with Gasteiger partial charge in [-0.25, -0.2) is 9.18 Å². The van der Waals surface area contributed by atoms with Gasteiger partial charge >= 0.3 is 35.5 Å². The number of hydrogen-bond acceptors (Lipinski definition) is 4. The minimum atomic E-state index is -2.55. The van der Waals surface area contributed by atoms with E-state index in [-0.39, 0.29) is 38.9 Å². The fourth-order valence-corrected chi connectivity index (χ4v) is 2.07. The predicted octanol–water partition coefficient (Wildman–Crippen LogP) is -1.38. The molecule has 0 N–H and O–H groups in total. The Morgan fingerprint density at radius 1 is 1.56 bits per heavy atom. The van der Waals surface area contributed by atoms with Crippen molar-refractivity contribution < 1.29 is 52.2 Å². The molecule has 0 aliphatic carbocycles. The molecule has 0 spiro atoms. The topological polar surface area (TPSA) is 66.4 Å². The molecular formula is C8H5BrFNaO4S. The fourth-order valence-electron chi connectivity index (χ4n) is 0.923. The van der Waals surface area contributed by atoms with Gasteiger partial charge in [-0.05, 0) is 39.1 Å². The van der Waals surface area contributed by atoms with Crippen molar-refractivity contribution in [2.24, 2.45) is 0 Å². The van der Waals surface area contributed by atoms with Crippen molar-refractivity contribution in [2.45, 2.75) is 4.90 Å². The van der Waals surface area contributed by atoms with Crippen LogP contribution in [0.4, 0.5) is 4.39 Å². The number of carbonyl (C=O) groups excluding carboxylic acids is 1. The summed E-state index contributed by atoms with van der Waals surface area (Å²) in [7, 11) is 1.08. The zero-order valence-corrected chi connectivity index (χ0v) is 12.9. The molecule has 82 valence electrons. The van der Waals surface area contributed by atoms with Gasteiger partial charge in [0.1, 0.15) is 5.82 Å². The monoisotopic (exact) mass is 318 g/mol. The molecule has 1 aromatic carbocycles. The van der Waals surface area contributed by atoms with Crippen LogP contribution < -0.4 is 29.6 Å². The molecule has 0 saturated heterocycles. The van der Waals surface area contributed by atoms with E-state index in [4.69, 9.17) is 0 Å². The molecular weight excluding hydrogens is 314 g/mol. The minimum absolute atomic E-state index is 0. The first-order valence-corrected chi connectivity index (χ1v) is 5.50. The summed E-state index contributed by atoms with van der Waals surface area (Å²) in [5, 5.41) is 0. The Morgan fingerprint density at radius 2 is 2.12 bits per heavy atom. The van der Waals surface area contributed by atoms with Gasteiger partial charge < -0.3 is 9.29 Å². The molecule has 0 aromatic heterocycles. The molecule has 0 aliphatic heterocycles. The van der Waals surface area contributed by atoms with Crippen molar-refractivity contribution in [3.8, 4) is 0 Å². The molecule has 0 radical (unpaired) electrons. The molecule has 1 unspecified atom stereocenters. The molecule has 8 heteroatoms. The third-order valence-electron chi connectivity index (χ3n) is 1.61. The average molecular weight is 319 g/mol. The molecule has 0 aliphatic rings. The fraction of sp³-hybridized carbons (Fsp3) is 0.125. The Morgan fingerprint density at radius 3 is 2.56 bits per heavy atom. The molecule has 0 saturated carbocycles. The molecule has 0 heterocycles. The van der Waals surface area contributed by atoms with Crippen LogP contribution in [0, 0.1) is 5.82 Å². The quantitative estimate of drug-likeness (QED) is 0.383. The number of halogens is 2. The SMILES string of the molecule is COC(=O)c1cc(S(=O)[O-])c(Br)cc1F.[Na+]. The molecule has 4 nitrogen and oxygen atoms in total. The van der Waals surface area contributed by atoms with Crippen LogP contribution in [0.5, 0.6) is 0 Å². The van der Waals surface area contributed by atoms with Crippen LogP contribution in [-0.2, 0) is 15.8 Å². The molecule has 0 amide bonds. The summed E-state index contributed by atoms with van der Waals surface area (Å²) in [4.78, 5) is 10.8. The van der Waals surface area contributed by atoms with E-state index in [0.29, 0.717) is 0 Å². The zero-order chi connectivity index (χ0) is 11.6. The Bertz CT molecular complexity index is 440. The third-order valence-corrected chi connectivity index (χ3v) is 3.22. The first kappa shape index (κ1) is 16.2. The molecule has 0 fully saturated rings. The van der Waals surface area contributed by atoms with Crippen LogP contribution in [0.15, 0.2) is 21.5 Å². The number of rotatable bonds is 2. The maximum absolute atomic E-state index is 13.2. The van der Waals surface area contributed by atoms with Crippen molar-refractivity contribution in [2.75, 3.05) is 7.11 Å². The van der Waals surface area contributed by atoms with Crippen LogP contribution in [-0.4, -0.2) is 21.8 Å². The molecule has 16 heavy (non-hydrogen) atoms. The summed E-state index contributed by atoms with van der Waals surface area (Å²) in [5.41, 5.74) is -0.417. The van der Waals surface area contributed by atoms with E-state index in [1.807, 2.05) is 0 Å². The number of benzene rings is 1. The average Bonchev–Trinajstić information content (AvgIpc) is 2.16. The summed E-state index contributed by atoms with van der Waals surface area (Å²) in [6.07, 6.45) is 0. The molecule has 1 rings (SSSR count). The van der Waals surface area contributed by atoms with Crippen LogP contribution in [0.1, 0.15) is 10.4 Å². The summed E-state index contributed by atoms with van der Waals surface area (Å²) < 4.78 is 38.9. The van der Waals surface area contributed by atoms with Gasteiger partial charge in [-0.1, -0.05) is 0 Å². The van der Waals surface area contributed by atoms with Crippen LogP contribution >= 0.6 is 15.9 Å². The van der Waals surface area contributed by atoms with Gasteiger partial charge in [-0.15, -0.1) is 0 Å². The zero-order valence-electron chi connectivity index (χ0n) is 8.45. The Labute approximate surface area is 124 Å². The Hall–Kier alpha value is 0.210. The van der Waals surface area contributed by atoms with Crippen molar-refractivity contribution in [1.29, 1.82) is 0 Å². The maximum Gasteiger partial charge on any atom is 1.00 e. The Balaban J connectivity index is 0.00000225. The predicted molar refractivity (Wildman–Crippen MR) is 52.6 cm³/mol. The molecule has 0 bridgehead atoms. The number of methoxy groups -OCH3 is 1. The van der Waals surface area contributed by atoms with Crippen molar-refractivity contribution in [3.05, 3.63) is 28.0 Å². The van der Waals surface area contributed by atoms with Gasteiger partial charge in [0.15, 0.2) is 0 Å². The summed E-state index contributed by atoms with van der Waals surface area (Å²) in [6.45, 7) is 0. The van der Waals surface area contributed by atoms with Gasteiger partial charge in [-0.3, -0.25) is 4.21 Å². The van der Waals surface area contributed by atoms with E-state index in [0.717, 1.165) is 19.2 Å². The summed E-state index contributed by atoms with van der Waals surface area (Å²) in [5.74, 6) is -1.77. The second kappa shape index (κ2) is 6.83. The van der Waals surface area contributed by atoms with Gasteiger partial charge in [0, 0.05) is 9.37 Å². The maximum atomic E-state index is 13.2. The normalized spacial score (nSPS) is 11.5. The second-order valence-electron chi connectivity index (χ2n) is 2.49. The van der Waals surface area contributed by atoms with Crippen LogP contribution in [0.2, 0.25) is 0 Å². The number of ether oxygens (including phenoxy) is 1. The second-order valence-corrected chi connectivity index (χ2v) is 4.25. The Kier molecular flexibility index (Phi) is 6.92. The van der Waals surface area contributed by atoms with Gasteiger partial charge in [0.25, 0.3) is 0 Å². The van der Waals surface area contributed by atoms with E-state index >= 15 is 0 Å². The van der Waals surface area contributed by atoms with Gasteiger partial charge in [0.2, 0.25) is 0 Å². The van der Waals surface area contributed by atoms with Crippen molar-refractivity contribution in [3.63, 3.8) is 0 Å². The van der Waals surface area contributed by atoms with Crippen molar-refractivity contribution >= 4 is 33.0 Å². The first-order chi connectivity index (χ1) is 6.97. The molecule has 1 atom stereocenters. The third kappa shape index (κ3) is 3.61. The van der Waals surface area contributed by atoms with Crippen molar-refractivity contribution in [1.82, 2.24) is 0 Å². The van der Waals surface area contributed by atoms with E-state index in [2.05, 4.69) is 20.7 Å². The number of hydrogen-bond donors (Lipinski definition) is 0. The van der Waals surface area contributed by atoms with Crippen LogP contribution in [0.3, 0.4) is 0 Å². The van der Waals surface area contributed by atoms with E-state index in [1.165, 1.54) is 0 Å². The van der Waals surface area contributed by atoms with E-state index < -0.39 is 28.4 Å². The van der Waals surface area contributed by atoms with Gasteiger partial charge in [0.05, 0.1) is 12.7 Å². The van der Waals surface area contributed by atoms with Crippen LogP contribution in [0.25, 0.3) is 0 Å². The van der Waals surface area contributed by atoms with E-state index in [9.17, 15) is 17.9 Å². The summed E-state index contributed by atoms with van der Waals surface area (Å²) >= 11 is 0.319. The largest absolute Gasteiger partial charge is 1.00 e. The molecule has 1 aromatic rings. The standard InChI is InChI=1S/C8H6BrFO4S.Na/c1-14-8(11)4-2-7(15(12)13)5(9)3-6(4)10;/h2-3H,1H3,(H,12,13);/q;+1/p-1. The smallest absolute Gasteiger partial charge is 0.768 e. The first-order valence-electron chi connectivity index (χ1n) is 3.64. The number of carbonyl (C=O) groups is 1.